The quantitative estimate of drug-likeness (QED) is 0.843. The molecule has 0 saturated heterocycles. The van der Waals surface area contributed by atoms with Gasteiger partial charge in [-0.3, -0.25) is 0 Å². The molecule has 0 spiro atoms. The van der Waals surface area contributed by atoms with E-state index < -0.39 is 0 Å². The van der Waals surface area contributed by atoms with E-state index in [9.17, 15) is 0 Å². The normalized spacial score (nSPS) is 12.3. The Morgan fingerprint density at radius 2 is 2.05 bits per heavy atom. The predicted molar refractivity (Wildman–Crippen MR) is 81.0 cm³/mol. The van der Waals surface area contributed by atoms with Gasteiger partial charge in [0, 0.05) is 18.4 Å². The standard InChI is InChI=1S/C16H23N3O/c1-4-17-13(2)15-5-7-16(8-6-15)20-12-11-19-10-9-18-14(19)3/h5-10,13,17H,4,11-12H2,1-3H3. The summed E-state index contributed by atoms with van der Waals surface area (Å²) >= 11 is 0. The van der Waals surface area contributed by atoms with Gasteiger partial charge < -0.3 is 14.6 Å². The number of hydrogen-bond donors (Lipinski definition) is 1. The molecule has 1 heterocycles. The largest absolute Gasteiger partial charge is 0.492 e. The van der Waals surface area contributed by atoms with E-state index in [1.54, 1.807) is 0 Å². The van der Waals surface area contributed by atoms with E-state index in [4.69, 9.17) is 4.74 Å². The lowest BCUT2D eigenvalue weighted by atomic mass is 10.1. The zero-order valence-corrected chi connectivity index (χ0v) is 12.5. The van der Waals surface area contributed by atoms with Crippen molar-refractivity contribution in [2.24, 2.45) is 0 Å². The van der Waals surface area contributed by atoms with Crippen LogP contribution in [0.5, 0.6) is 5.75 Å². The summed E-state index contributed by atoms with van der Waals surface area (Å²) < 4.78 is 7.84. The van der Waals surface area contributed by atoms with Crippen molar-refractivity contribution in [1.82, 2.24) is 14.9 Å². The fourth-order valence-electron chi connectivity index (χ4n) is 2.18. The summed E-state index contributed by atoms with van der Waals surface area (Å²) in [5.74, 6) is 1.93. The van der Waals surface area contributed by atoms with Gasteiger partial charge in [-0.25, -0.2) is 4.98 Å². The Balaban J connectivity index is 1.83. The van der Waals surface area contributed by atoms with E-state index in [-0.39, 0.29) is 0 Å². The van der Waals surface area contributed by atoms with Crippen molar-refractivity contribution in [3.05, 3.63) is 48.0 Å². The van der Waals surface area contributed by atoms with E-state index in [0.29, 0.717) is 12.6 Å². The van der Waals surface area contributed by atoms with Crippen LogP contribution >= 0.6 is 0 Å². The molecule has 4 nitrogen and oxygen atoms in total. The van der Waals surface area contributed by atoms with Gasteiger partial charge in [0.05, 0.1) is 6.54 Å². The Morgan fingerprint density at radius 1 is 1.30 bits per heavy atom. The van der Waals surface area contributed by atoms with E-state index in [0.717, 1.165) is 24.7 Å². The maximum Gasteiger partial charge on any atom is 0.119 e. The van der Waals surface area contributed by atoms with E-state index in [2.05, 4.69) is 40.8 Å². The minimum absolute atomic E-state index is 0.377. The van der Waals surface area contributed by atoms with Crippen molar-refractivity contribution in [1.29, 1.82) is 0 Å². The van der Waals surface area contributed by atoms with Gasteiger partial charge in [-0.15, -0.1) is 0 Å². The molecule has 2 rings (SSSR count). The molecular weight excluding hydrogens is 250 g/mol. The van der Waals surface area contributed by atoms with Gasteiger partial charge in [-0.1, -0.05) is 19.1 Å². The Bertz CT molecular complexity index is 519. The minimum Gasteiger partial charge on any atom is -0.492 e. The molecule has 0 aliphatic heterocycles. The fourth-order valence-corrected chi connectivity index (χ4v) is 2.18. The second-order valence-electron chi connectivity index (χ2n) is 4.86. The highest BCUT2D eigenvalue weighted by Crippen LogP contribution is 2.17. The van der Waals surface area contributed by atoms with Crippen LogP contribution in [-0.4, -0.2) is 22.7 Å². The minimum atomic E-state index is 0.377. The molecule has 4 heteroatoms. The third kappa shape index (κ3) is 3.84. The second kappa shape index (κ2) is 7.10. The molecule has 20 heavy (non-hydrogen) atoms. The maximum absolute atomic E-state index is 5.76. The molecule has 0 saturated carbocycles. The lowest BCUT2D eigenvalue weighted by molar-refractivity contribution is 0.297. The number of benzene rings is 1. The molecule has 0 aliphatic rings. The number of aromatic nitrogens is 2. The lowest BCUT2D eigenvalue weighted by Crippen LogP contribution is -2.17. The zero-order valence-electron chi connectivity index (χ0n) is 12.5. The Morgan fingerprint density at radius 3 is 2.65 bits per heavy atom. The number of rotatable bonds is 7. The summed E-state index contributed by atoms with van der Waals surface area (Å²) in [4.78, 5) is 4.19. The first kappa shape index (κ1) is 14.6. The van der Waals surface area contributed by atoms with E-state index >= 15 is 0 Å². The SMILES string of the molecule is CCNC(C)c1ccc(OCCn2ccnc2C)cc1. The van der Waals surface area contributed by atoms with Crippen LogP contribution < -0.4 is 10.1 Å². The van der Waals surface area contributed by atoms with Crippen molar-refractivity contribution in [3.63, 3.8) is 0 Å². The summed E-state index contributed by atoms with van der Waals surface area (Å²) in [5.41, 5.74) is 1.28. The van der Waals surface area contributed by atoms with Gasteiger partial charge in [0.1, 0.15) is 18.2 Å². The van der Waals surface area contributed by atoms with Gasteiger partial charge in [0.15, 0.2) is 0 Å². The maximum atomic E-state index is 5.76. The summed E-state index contributed by atoms with van der Waals surface area (Å²) in [6.45, 7) is 8.73. The Labute approximate surface area is 120 Å². The number of nitrogens with one attached hydrogen (secondary N) is 1. The highest BCUT2D eigenvalue weighted by atomic mass is 16.5. The van der Waals surface area contributed by atoms with Crippen molar-refractivity contribution < 1.29 is 4.74 Å². The molecule has 1 N–H and O–H groups in total. The van der Waals surface area contributed by atoms with Crippen LogP contribution in [0.25, 0.3) is 0 Å². The van der Waals surface area contributed by atoms with Crippen LogP contribution in [0.4, 0.5) is 0 Å². The molecule has 1 aromatic heterocycles. The summed E-state index contributed by atoms with van der Waals surface area (Å²) in [5, 5.41) is 3.40. The topological polar surface area (TPSA) is 39.1 Å². The Kier molecular flexibility index (Phi) is 5.18. The molecule has 1 aromatic carbocycles. The monoisotopic (exact) mass is 273 g/mol. The van der Waals surface area contributed by atoms with Gasteiger partial charge >= 0.3 is 0 Å². The Hall–Kier alpha value is -1.81. The second-order valence-corrected chi connectivity index (χ2v) is 4.86. The first-order chi connectivity index (χ1) is 9.70. The van der Waals surface area contributed by atoms with Crippen LogP contribution in [0, 0.1) is 6.92 Å². The third-order valence-corrected chi connectivity index (χ3v) is 3.41. The van der Waals surface area contributed by atoms with Crippen molar-refractivity contribution in [2.45, 2.75) is 33.4 Å². The number of imidazole rings is 1. The molecule has 0 aliphatic carbocycles. The molecule has 0 radical (unpaired) electrons. The fraction of sp³-hybridized carbons (Fsp3) is 0.438. The predicted octanol–water partition coefficient (Wildman–Crippen LogP) is 2.94. The number of nitrogens with zero attached hydrogens (tertiary/aromatic N) is 2. The lowest BCUT2D eigenvalue weighted by Gasteiger charge is -2.13. The molecule has 108 valence electrons. The summed E-state index contributed by atoms with van der Waals surface area (Å²) in [6, 6.07) is 8.67. The summed E-state index contributed by atoms with van der Waals surface area (Å²) in [6.07, 6.45) is 3.78. The van der Waals surface area contributed by atoms with Gasteiger partial charge in [0.2, 0.25) is 0 Å². The molecule has 1 atom stereocenters. The van der Waals surface area contributed by atoms with Crippen LogP contribution in [0.3, 0.4) is 0 Å². The zero-order chi connectivity index (χ0) is 14.4. The van der Waals surface area contributed by atoms with Gasteiger partial charge in [-0.05, 0) is 38.1 Å². The van der Waals surface area contributed by atoms with E-state index in [1.165, 1.54) is 5.56 Å². The first-order valence-electron chi connectivity index (χ1n) is 7.14. The van der Waals surface area contributed by atoms with Crippen molar-refractivity contribution >= 4 is 0 Å². The number of hydrogen-bond acceptors (Lipinski definition) is 3. The van der Waals surface area contributed by atoms with Crippen molar-refractivity contribution in [3.8, 4) is 5.75 Å². The first-order valence-corrected chi connectivity index (χ1v) is 7.14. The van der Waals surface area contributed by atoms with Crippen LogP contribution in [0.15, 0.2) is 36.7 Å². The third-order valence-electron chi connectivity index (χ3n) is 3.41. The van der Waals surface area contributed by atoms with E-state index in [1.807, 2.05) is 31.5 Å². The average molecular weight is 273 g/mol. The van der Waals surface area contributed by atoms with Crippen LogP contribution in [-0.2, 0) is 6.54 Å². The van der Waals surface area contributed by atoms with Gasteiger partial charge in [-0.2, -0.15) is 0 Å². The van der Waals surface area contributed by atoms with Crippen LogP contribution in [0.2, 0.25) is 0 Å². The van der Waals surface area contributed by atoms with Crippen molar-refractivity contribution in [2.75, 3.05) is 13.2 Å². The molecular formula is C16H23N3O. The molecule has 2 aromatic rings. The molecule has 0 fully saturated rings. The average Bonchev–Trinajstić information content (AvgIpc) is 2.85. The smallest absolute Gasteiger partial charge is 0.119 e. The number of ether oxygens (including phenoxy) is 1. The molecule has 0 bridgehead atoms. The highest BCUT2D eigenvalue weighted by Gasteiger charge is 2.03. The molecule has 0 amide bonds. The van der Waals surface area contributed by atoms with Crippen LogP contribution in [0.1, 0.15) is 31.3 Å². The number of aryl methyl sites for hydroxylation is 1. The molecule has 1 unspecified atom stereocenters. The highest BCUT2D eigenvalue weighted by molar-refractivity contribution is 5.28. The van der Waals surface area contributed by atoms with Gasteiger partial charge in [0.25, 0.3) is 0 Å². The summed E-state index contributed by atoms with van der Waals surface area (Å²) in [7, 11) is 0.